The number of ether oxygens (including phenoxy) is 2. The second-order valence-corrected chi connectivity index (χ2v) is 12.4. The molecule has 6 rings (SSSR count). The smallest absolute Gasteiger partial charge is 0.150 e. The SMILES string of the molecule is CCO[C@H]1C[C@@H]2[C@H]3CC[C@]4(C)[C@@H](C(=O)CN5CCOCC5)CC[C@H]4[C@@H]3CC[C@H]2C2C[C@]21O. The predicted molar refractivity (Wildman–Crippen MR) is 122 cm³/mol. The van der Waals surface area contributed by atoms with Crippen molar-refractivity contribution in [3.63, 3.8) is 0 Å². The quantitative estimate of drug-likeness (QED) is 0.702. The van der Waals surface area contributed by atoms with Gasteiger partial charge in [0.25, 0.3) is 0 Å². The van der Waals surface area contributed by atoms with Gasteiger partial charge in [-0.2, -0.15) is 0 Å². The second kappa shape index (κ2) is 8.03. The topological polar surface area (TPSA) is 59.0 Å². The normalized spacial score (nSPS) is 52.5. The molecule has 5 aliphatic carbocycles. The molecule has 1 heterocycles. The van der Waals surface area contributed by atoms with E-state index >= 15 is 0 Å². The highest BCUT2D eigenvalue weighted by molar-refractivity contribution is 5.84. The number of carbonyl (C=O) groups excluding carboxylic acids is 1. The minimum absolute atomic E-state index is 0.0530. The Bertz CT molecular complexity index is 737. The van der Waals surface area contributed by atoms with Crippen molar-refractivity contribution in [3.05, 3.63) is 0 Å². The van der Waals surface area contributed by atoms with Gasteiger partial charge < -0.3 is 14.6 Å². The molecule has 1 N–H and O–H groups in total. The summed E-state index contributed by atoms with van der Waals surface area (Å²) in [5.41, 5.74) is -0.316. The first-order valence-corrected chi connectivity index (χ1v) is 13.6. The molecular weight excluding hydrogens is 402 g/mol. The highest BCUT2D eigenvalue weighted by Crippen LogP contribution is 2.69. The molecule has 6 aliphatic rings. The summed E-state index contributed by atoms with van der Waals surface area (Å²) in [6.07, 6.45) is 9.55. The van der Waals surface area contributed by atoms with Crippen molar-refractivity contribution in [3.8, 4) is 0 Å². The van der Waals surface area contributed by atoms with Gasteiger partial charge in [0.2, 0.25) is 0 Å². The van der Waals surface area contributed by atoms with E-state index in [4.69, 9.17) is 9.47 Å². The Kier molecular flexibility index (Phi) is 5.52. The third-order valence-electron chi connectivity index (χ3n) is 11.3. The minimum Gasteiger partial charge on any atom is -0.387 e. The van der Waals surface area contributed by atoms with Crippen molar-refractivity contribution in [1.29, 1.82) is 0 Å². The summed E-state index contributed by atoms with van der Waals surface area (Å²) in [6.45, 7) is 9.21. The Labute approximate surface area is 193 Å². The van der Waals surface area contributed by atoms with Crippen LogP contribution in [0.1, 0.15) is 65.2 Å². The molecule has 5 saturated carbocycles. The summed E-state index contributed by atoms with van der Waals surface area (Å²) >= 11 is 0. The van der Waals surface area contributed by atoms with Crippen LogP contribution in [0.25, 0.3) is 0 Å². The lowest BCUT2D eigenvalue weighted by Crippen LogP contribution is -2.53. The summed E-state index contributed by atoms with van der Waals surface area (Å²) in [5, 5.41) is 11.1. The van der Waals surface area contributed by atoms with Gasteiger partial charge in [-0.1, -0.05) is 6.92 Å². The number of fused-ring (bicyclic) bond motifs is 7. The van der Waals surface area contributed by atoms with E-state index in [1.165, 1.54) is 32.1 Å². The maximum Gasteiger partial charge on any atom is 0.150 e. The third kappa shape index (κ3) is 3.28. The number of ketones is 1. The number of rotatable bonds is 5. The summed E-state index contributed by atoms with van der Waals surface area (Å²) in [7, 11) is 0. The lowest BCUT2D eigenvalue weighted by molar-refractivity contribution is -0.142. The monoisotopic (exact) mass is 445 g/mol. The molecule has 180 valence electrons. The summed E-state index contributed by atoms with van der Waals surface area (Å²) in [6, 6.07) is 0. The number of aliphatic hydroxyl groups is 1. The van der Waals surface area contributed by atoms with E-state index in [2.05, 4.69) is 18.7 Å². The van der Waals surface area contributed by atoms with Gasteiger partial charge in [-0.25, -0.2) is 0 Å². The molecule has 5 nitrogen and oxygen atoms in total. The maximum absolute atomic E-state index is 13.4. The van der Waals surface area contributed by atoms with Crippen LogP contribution in [0.4, 0.5) is 0 Å². The van der Waals surface area contributed by atoms with Crippen LogP contribution in [-0.2, 0) is 14.3 Å². The molecule has 0 spiro atoms. The van der Waals surface area contributed by atoms with Crippen LogP contribution in [0, 0.1) is 46.8 Å². The van der Waals surface area contributed by atoms with E-state index in [1.807, 2.05) is 0 Å². The van der Waals surface area contributed by atoms with Crippen molar-refractivity contribution in [2.24, 2.45) is 46.8 Å². The first-order valence-electron chi connectivity index (χ1n) is 13.6. The van der Waals surface area contributed by atoms with Gasteiger partial charge in [-0.3, -0.25) is 9.69 Å². The molecule has 1 unspecified atom stereocenters. The minimum atomic E-state index is -0.516. The van der Waals surface area contributed by atoms with Gasteiger partial charge in [0.15, 0.2) is 0 Å². The number of carbonyl (C=O) groups is 1. The number of hydrogen-bond acceptors (Lipinski definition) is 5. The van der Waals surface area contributed by atoms with Crippen molar-refractivity contribution in [2.45, 2.75) is 76.9 Å². The van der Waals surface area contributed by atoms with Crippen LogP contribution in [-0.4, -0.2) is 66.9 Å². The van der Waals surface area contributed by atoms with Crippen molar-refractivity contribution in [2.75, 3.05) is 39.5 Å². The second-order valence-electron chi connectivity index (χ2n) is 12.4. The average Bonchev–Trinajstić information content (AvgIpc) is 3.37. The molecule has 0 bridgehead atoms. The fourth-order valence-electron chi connectivity index (χ4n) is 9.70. The van der Waals surface area contributed by atoms with Crippen LogP contribution in [0.15, 0.2) is 0 Å². The molecule has 10 atom stereocenters. The molecule has 0 amide bonds. The fraction of sp³-hybridized carbons (Fsp3) is 0.963. The van der Waals surface area contributed by atoms with E-state index < -0.39 is 5.60 Å². The molecule has 0 aromatic heterocycles. The number of hydrogen-bond donors (Lipinski definition) is 1. The van der Waals surface area contributed by atoms with Gasteiger partial charge in [-0.05, 0) is 99.2 Å². The van der Waals surface area contributed by atoms with Gasteiger partial charge in [0.1, 0.15) is 5.78 Å². The van der Waals surface area contributed by atoms with Crippen LogP contribution in [0.3, 0.4) is 0 Å². The predicted octanol–water partition coefficient (Wildman–Crippen LogP) is 3.53. The molecule has 5 heteroatoms. The Balaban J connectivity index is 1.17. The largest absolute Gasteiger partial charge is 0.387 e. The van der Waals surface area contributed by atoms with Gasteiger partial charge in [0.05, 0.1) is 31.5 Å². The highest BCUT2D eigenvalue weighted by atomic mass is 16.5. The standard InChI is InChI=1S/C27H43NO4/c1-3-32-25-14-20-17-8-9-26(2)21(18(17)4-5-19(20)23-15-27(23,25)30)6-7-22(26)24(29)16-28-10-12-31-13-11-28/h17-23,25,30H,3-16H2,1-2H3/t17-,18+,19+,20+,21-,22+,23?,25-,26-,27-/m0/s1. The molecule has 1 saturated heterocycles. The highest BCUT2D eigenvalue weighted by Gasteiger charge is 2.69. The van der Waals surface area contributed by atoms with Crippen LogP contribution in [0.2, 0.25) is 0 Å². The van der Waals surface area contributed by atoms with Crippen LogP contribution >= 0.6 is 0 Å². The summed E-state index contributed by atoms with van der Waals surface area (Å²) in [5.74, 6) is 4.96. The summed E-state index contributed by atoms with van der Waals surface area (Å²) in [4.78, 5) is 15.7. The van der Waals surface area contributed by atoms with E-state index in [1.54, 1.807) is 0 Å². The van der Waals surface area contributed by atoms with Crippen molar-refractivity contribution >= 4 is 5.78 Å². The molecule has 0 radical (unpaired) electrons. The molecule has 0 aromatic carbocycles. The number of Topliss-reactive ketones (excluding diaryl/α,β-unsaturated/α-hetero) is 1. The zero-order chi connectivity index (χ0) is 22.1. The molecule has 6 fully saturated rings. The fourth-order valence-corrected chi connectivity index (χ4v) is 9.70. The Morgan fingerprint density at radius 3 is 2.53 bits per heavy atom. The maximum atomic E-state index is 13.4. The first kappa shape index (κ1) is 22.0. The van der Waals surface area contributed by atoms with E-state index in [-0.39, 0.29) is 17.4 Å². The molecule has 32 heavy (non-hydrogen) atoms. The Hall–Kier alpha value is -0.490. The lowest BCUT2D eigenvalue weighted by Gasteiger charge is -2.56. The lowest BCUT2D eigenvalue weighted by atomic mass is 9.49. The zero-order valence-electron chi connectivity index (χ0n) is 20.1. The zero-order valence-corrected chi connectivity index (χ0v) is 20.1. The van der Waals surface area contributed by atoms with Gasteiger partial charge >= 0.3 is 0 Å². The summed E-state index contributed by atoms with van der Waals surface area (Å²) < 4.78 is 11.6. The average molecular weight is 446 g/mol. The first-order chi connectivity index (χ1) is 15.5. The van der Waals surface area contributed by atoms with Gasteiger partial charge in [0, 0.05) is 25.6 Å². The number of morpholine rings is 1. The van der Waals surface area contributed by atoms with Crippen LogP contribution < -0.4 is 0 Å². The molecule has 1 aliphatic heterocycles. The number of nitrogens with zero attached hydrogens (tertiary/aromatic N) is 1. The third-order valence-corrected chi connectivity index (χ3v) is 11.3. The van der Waals surface area contributed by atoms with Crippen LogP contribution in [0.5, 0.6) is 0 Å². The Morgan fingerprint density at radius 2 is 1.78 bits per heavy atom. The molecular formula is C27H43NO4. The van der Waals surface area contributed by atoms with Crippen molar-refractivity contribution in [1.82, 2.24) is 4.90 Å². The van der Waals surface area contributed by atoms with E-state index in [0.29, 0.717) is 36.7 Å². The van der Waals surface area contributed by atoms with Crippen molar-refractivity contribution < 1.29 is 19.4 Å². The van der Waals surface area contributed by atoms with E-state index in [9.17, 15) is 9.90 Å². The van der Waals surface area contributed by atoms with Gasteiger partial charge in [-0.15, -0.1) is 0 Å². The molecule has 0 aromatic rings. The van der Waals surface area contributed by atoms with E-state index in [0.717, 1.165) is 63.3 Å². The Morgan fingerprint density at radius 1 is 1.03 bits per heavy atom.